The highest BCUT2D eigenvalue weighted by Crippen LogP contribution is 2.22. The molecule has 0 aliphatic heterocycles. The number of ether oxygens (including phenoxy) is 1. The minimum absolute atomic E-state index is 0.139. The molecule has 1 rings (SSSR count). The van der Waals surface area contributed by atoms with Crippen LogP contribution in [0.3, 0.4) is 0 Å². The highest BCUT2D eigenvalue weighted by Gasteiger charge is 2.19. The predicted molar refractivity (Wildman–Crippen MR) is 76.6 cm³/mol. The molecule has 0 heterocycles. The highest BCUT2D eigenvalue weighted by atomic mass is 35.5. The fourth-order valence-corrected chi connectivity index (χ4v) is 2.04. The van der Waals surface area contributed by atoms with Crippen molar-refractivity contribution in [3.8, 4) is 0 Å². The number of carbonyl (C=O) groups excluding carboxylic acids is 1. The Morgan fingerprint density at radius 1 is 1.40 bits per heavy atom. The molecule has 0 aliphatic rings. The summed E-state index contributed by atoms with van der Waals surface area (Å²) in [6, 6.07) is 3.78. The van der Waals surface area contributed by atoms with Gasteiger partial charge in [-0.05, 0) is 6.07 Å². The number of alkyl halides is 1. The first kappa shape index (κ1) is 16.7. The Morgan fingerprint density at radius 2 is 2.10 bits per heavy atom. The van der Waals surface area contributed by atoms with Crippen molar-refractivity contribution in [2.24, 2.45) is 0 Å². The molecule has 0 saturated heterocycles. The van der Waals surface area contributed by atoms with Gasteiger partial charge in [-0.25, -0.2) is 0 Å². The van der Waals surface area contributed by atoms with E-state index in [4.69, 9.17) is 27.9 Å². The van der Waals surface area contributed by atoms with Gasteiger partial charge in [-0.3, -0.25) is 14.9 Å². The molecule has 0 atom stereocenters. The lowest BCUT2D eigenvalue weighted by Crippen LogP contribution is -2.35. The molecule has 0 aromatic heterocycles. The minimum atomic E-state index is -0.594. The molecule has 1 aromatic rings. The SMILES string of the molecule is COCCN(CCCl)C(=O)c1cc(Cl)cc([N+](=O)[O-])c1. The number of nitrogens with zero attached hydrogens (tertiary/aromatic N) is 2. The molecule has 0 N–H and O–H groups in total. The van der Waals surface area contributed by atoms with Gasteiger partial charge in [-0.1, -0.05) is 11.6 Å². The summed E-state index contributed by atoms with van der Waals surface area (Å²) in [4.78, 5) is 23.9. The van der Waals surface area contributed by atoms with Crippen molar-refractivity contribution in [3.05, 3.63) is 38.9 Å². The molecular weight excluding hydrogens is 307 g/mol. The molecule has 110 valence electrons. The molecule has 8 heteroatoms. The first-order valence-corrected chi connectivity index (χ1v) is 6.70. The van der Waals surface area contributed by atoms with Gasteiger partial charge >= 0.3 is 0 Å². The third-order valence-electron chi connectivity index (χ3n) is 2.55. The second kappa shape index (κ2) is 8.04. The molecule has 0 spiro atoms. The normalized spacial score (nSPS) is 10.3. The summed E-state index contributed by atoms with van der Waals surface area (Å²) in [6.07, 6.45) is 0. The van der Waals surface area contributed by atoms with Crippen molar-refractivity contribution in [2.75, 3.05) is 32.7 Å². The van der Waals surface area contributed by atoms with Crippen LogP contribution in [-0.2, 0) is 4.74 Å². The number of benzene rings is 1. The Kier molecular flexibility index (Phi) is 6.70. The number of nitro benzene ring substituents is 1. The van der Waals surface area contributed by atoms with Crippen molar-refractivity contribution in [1.82, 2.24) is 4.90 Å². The lowest BCUT2D eigenvalue weighted by molar-refractivity contribution is -0.384. The molecule has 1 amide bonds. The first-order valence-electron chi connectivity index (χ1n) is 5.78. The van der Waals surface area contributed by atoms with Gasteiger partial charge in [-0.15, -0.1) is 11.6 Å². The van der Waals surface area contributed by atoms with Crippen LogP contribution in [0, 0.1) is 10.1 Å². The Morgan fingerprint density at radius 3 is 2.65 bits per heavy atom. The van der Waals surface area contributed by atoms with Gasteiger partial charge in [0, 0.05) is 48.8 Å². The third kappa shape index (κ3) is 4.63. The Balaban J connectivity index is 3.01. The topological polar surface area (TPSA) is 72.7 Å². The summed E-state index contributed by atoms with van der Waals surface area (Å²) >= 11 is 11.4. The molecule has 6 nitrogen and oxygen atoms in total. The molecular formula is C12H14Cl2N2O4. The number of carbonyl (C=O) groups is 1. The van der Waals surface area contributed by atoms with E-state index in [1.165, 1.54) is 30.2 Å². The quantitative estimate of drug-likeness (QED) is 0.439. The lowest BCUT2D eigenvalue weighted by Gasteiger charge is -2.21. The molecule has 0 bridgehead atoms. The zero-order valence-electron chi connectivity index (χ0n) is 10.8. The molecule has 20 heavy (non-hydrogen) atoms. The van der Waals surface area contributed by atoms with E-state index in [0.717, 1.165) is 0 Å². The molecule has 0 fully saturated rings. The number of methoxy groups -OCH3 is 1. The molecule has 0 saturated carbocycles. The Labute approximate surface area is 126 Å². The van der Waals surface area contributed by atoms with E-state index in [0.29, 0.717) is 19.7 Å². The number of rotatable bonds is 7. The average molecular weight is 321 g/mol. The number of halogens is 2. The number of hydrogen-bond acceptors (Lipinski definition) is 4. The Hall–Kier alpha value is -1.37. The van der Waals surface area contributed by atoms with E-state index in [-0.39, 0.29) is 28.1 Å². The van der Waals surface area contributed by atoms with Crippen LogP contribution >= 0.6 is 23.2 Å². The van der Waals surface area contributed by atoms with Crippen molar-refractivity contribution < 1.29 is 14.5 Å². The second-order valence-corrected chi connectivity index (χ2v) is 4.74. The van der Waals surface area contributed by atoms with Gasteiger partial charge in [0.1, 0.15) is 0 Å². The predicted octanol–water partition coefficient (Wildman–Crippen LogP) is 2.58. The van der Waals surface area contributed by atoms with Gasteiger partial charge in [0.2, 0.25) is 0 Å². The van der Waals surface area contributed by atoms with Gasteiger partial charge in [-0.2, -0.15) is 0 Å². The zero-order chi connectivity index (χ0) is 15.1. The fourth-order valence-electron chi connectivity index (χ4n) is 1.60. The maximum absolute atomic E-state index is 12.3. The van der Waals surface area contributed by atoms with Crippen LogP contribution < -0.4 is 0 Å². The monoisotopic (exact) mass is 320 g/mol. The van der Waals surface area contributed by atoms with E-state index < -0.39 is 4.92 Å². The number of amides is 1. The van der Waals surface area contributed by atoms with Gasteiger partial charge in [0.15, 0.2) is 0 Å². The molecule has 0 unspecified atom stereocenters. The number of hydrogen-bond donors (Lipinski definition) is 0. The summed E-state index contributed by atoms with van der Waals surface area (Å²) in [5, 5.41) is 10.9. The second-order valence-electron chi connectivity index (χ2n) is 3.93. The maximum atomic E-state index is 12.3. The highest BCUT2D eigenvalue weighted by molar-refractivity contribution is 6.31. The van der Waals surface area contributed by atoms with Crippen molar-refractivity contribution in [1.29, 1.82) is 0 Å². The molecule has 0 radical (unpaired) electrons. The minimum Gasteiger partial charge on any atom is -0.383 e. The van der Waals surface area contributed by atoms with Crippen LogP contribution in [0.4, 0.5) is 5.69 Å². The van der Waals surface area contributed by atoms with Crippen LogP contribution in [0.25, 0.3) is 0 Å². The van der Waals surface area contributed by atoms with E-state index >= 15 is 0 Å². The van der Waals surface area contributed by atoms with Crippen molar-refractivity contribution >= 4 is 34.8 Å². The maximum Gasteiger partial charge on any atom is 0.271 e. The zero-order valence-corrected chi connectivity index (χ0v) is 12.4. The summed E-state index contributed by atoms with van der Waals surface area (Å²) in [6.45, 7) is 1.03. The van der Waals surface area contributed by atoms with Gasteiger partial charge < -0.3 is 9.64 Å². The summed E-state index contributed by atoms with van der Waals surface area (Å²) in [5.41, 5.74) is -0.0659. The summed E-state index contributed by atoms with van der Waals surface area (Å²) in [5.74, 6) is -0.105. The van der Waals surface area contributed by atoms with E-state index in [1.54, 1.807) is 0 Å². The van der Waals surface area contributed by atoms with Crippen LogP contribution in [0.15, 0.2) is 18.2 Å². The largest absolute Gasteiger partial charge is 0.383 e. The smallest absolute Gasteiger partial charge is 0.271 e. The summed E-state index contributed by atoms with van der Waals surface area (Å²) in [7, 11) is 1.52. The lowest BCUT2D eigenvalue weighted by atomic mass is 10.1. The standard InChI is InChI=1S/C12H14Cl2N2O4/c1-20-5-4-15(3-2-13)12(17)9-6-10(14)8-11(7-9)16(18)19/h6-8H,2-5H2,1H3. The van der Waals surface area contributed by atoms with Gasteiger partial charge in [0.05, 0.1) is 11.5 Å². The first-order chi connectivity index (χ1) is 9.49. The Bertz CT molecular complexity index is 496. The van der Waals surface area contributed by atoms with Crippen LogP contribution in [0.2, 0.25) is 5.02 Å². The van der Waals surface area contributed by atoms with Crippen LogP contribution in [-0.4, -0.2) is 48.4 Å². The summed E-state index contributed by atoms with van der Waals surface area (Å²) < 4.78 is 4.92. The van der Waals surface area contributed by atoms with E-state index in [9.17, 15) is 14.9 Å². The average Bonchev–Trinajstić information content (AvgIpc) is 2.42. The van der Waals surface area contributed by atoms with Crippen LogP contribution in [0.5, 0.6) is 0 Å². The van der Waals surface area contributed by atoms with Crippen molar-refractivity contribution in [2.45, 2.75) is 0 Å². The van der Waals surface area contributed by atoms with E-state index in [2.05, 4.69) is 0 Å². The number of nitro groups is 1. The molecule has 0 aliphatic carbocycles. The van der Waals surface area contributed by atoms with Crippen LogP contribution in [0.1, 0.15) is 10.4 Å². The van der Waals surface area contributed by atoms with Crippen molar-refractivity contribution in [3.63, 3.8) is 0 Å². The third-order valence-corrected chi connectivity index (χ3v) is 2.93. The molecule has 1 aromatic carbocycles. The fraction of sp³-hybridized carbons (Fsp3) is 0.417. The number of non-ortho nitro benzene ring substituents is 1. The van der Waals surface area contributed by atoms with Gasteiger partial charge in [0.25, 0.3) is 11.6 Å². The van der Waals surface area contributed by atoms with E-state index in [1.807, 2.05) is 0 Å².